The first kappa shape index (κ1) is 16.2. The van der Waals surface area contributed by atoms with Gasteiger partial charge in [-0.25, -0.2) is 0 Å². The number of halogens is 3. The van der Waals surface area contributed by atoms with Gasteiger partial charge in [0.1, 0.15) is 5.70 Å². The average Bonchev–Trinajstić information content (AvgIpc) is 2.94. The number of rotatable bonds is 2. The average molecular weight is 335 g/mol. The van der Waals surface area contributed by atoms with Gasteiger partial charge in [0.15, 0.2) is 0 Å². The van der Waals surface area contributed by atoms with Gasteiger partial charge in [-0.2, -0.15) is 13.2 Å². The first-order valence-corrected chi connectivity index (χ1v) is 7.36. The van der Waals surface area contributed by atoms with Crippen molar-refractivity contribution in [1.82, 2.24) is 10.3 Å². The fourth-order valence-corrected chi connectivity index (χ4v) is 2.65. The number of carbonyl (C=O) groups excluding carboxylic acids is 1. The predicted octanol–water partition coefficient (Wildman–Crippen LogP) is 3.37. The summed E-state index contributed by atoms with van der Waals surface area (Å²) in [5.74, 6) is -0.162. The summed E-state index contributed by atoms with van der Waals surface area (Å²) >= 11 is 0. The van der Waals surface area contributed by atoms with Crippen LogP contribution in [0.3, 0.4) is 0 Å². The quantitative estimate of drug-likeness (QED) is 0.900. The molecule has 7 heteroatoms. The molecule has 0 saturated heterocycles. The first-order chi connectivity index (χ1) is 11.3. The minimum atomic E-state index is -4.47. The highest BCUT2D eigenvalue weighted by molar-refractivity contribution is 5.94. The van der Waals surface area contributed by atoms with E-state index in [4.69, 9.17) is 0 Å². The lowest BCUT2D eigenvalue weighted by Gasteiger charge is -2.23. The van der Waals surface area contributed by atoms with Crippen molar-refractivity contribution >= 4 is 11.6 Å². The van der Waals surface area contributed by atoms with Gasteiger partial charge in [-0.1, -0.05) is 18.2 Å². The molecule has 0 unspecified atom stereocenters. The van der Waals surface area contributed by atoms with E-state index in [1.807, 2.05) is 0 Å². The first-order valence-electron chi connectivity index (χ1n) is 7.36. The summed E-state index contributed by atoms with van der Waals surface area (Å²) in [6.45, 7) is 0. The number of hydrogen-bond donors (Lipinski definition) is 1. The molecule has 4 nitrogen and oxygen atoms in total. The van der Waals surface area contributed by atoms with Gasteiger partial charge in [-0.05, 0) is 30.7 Å². The third-order valence-corrected chi connectivity index (χ3v) is 3.80. The van der Waals surface area contributed by atoms with Crippen LogP contribution in [0.1, 0.15) is 16.8 Å². The second kappa shape index (κ2) is 5.74. The standard InChI is InChI=1S/C17H16F3N3O/c1-22(2)16(24)11-7-9-12(10-8-11)23-14-6-4-3-5-13(14)15(21-23)17(18,19)20/h3,5-10,21H,4H2,1-2H3. The SMILES string of the molecule is CN(C)C(=O)c1ccc(N2NC(C(F)(F)F)=C3C=CCC=C32)cc1. The molecule has 1 aliphatic heterocycles. The zero-order valence-electron chi connectivity index (χ0n) is 13.2. The van der Waals surface area contributed by atoms with Crippen LogP contribution in [0.5, 0.6) is 0 Å². The van der Waals surface area contributed by atoms with Crippen LogP contribution < -0.4 is 10.4 Å². The maximum atomic E-state index is 13.2. The van der Waals surface area contributed by atoms with Crippen LogP contribution in [0.25, 0.3) is 0 Å². The van der Waals surface area contributed by atoms with Gasteiger partial charge in [0.05, 0.1) is 11.4 Å². The molecule has 1 amide bonds. The molecule has 0 radical (unpaired) electrons. The Bertz CT molecular complexity index is 758. The van der Waals surface area contributed by atoms with Crippen molar-refractivity contribution in [2.75, 3.05) is 19.1 Å². The Morgan fingerprint density at radius 3 is 2.46 bits per heavy atom. The molecule has 1 aliphatic carbocycles. The Morgan fingerprint density at radius 2 is 1.88 bits per heavy atom. The number of hydrogen-bond acceptors (Lipinski definition) is 3. The third-order valence-electron chi connectivity index (χ3n) is 3.80. The van der Waals surface area contributed by atoms with E-state index in [1.165, 1.54) is 16.0 Å². The van der Waals surface area contributed by atoms with E-state index in [-0.39, 0.29) is 11.5 Å². The molecule has 1 N–H and O–H groups in total. The summed E-state index contributed by atoms with van der Waals surface area (Å²) in [7, 11) is 3.28. The number of amides is 1. The fraction of sp³-hybridized carbons (Fsp3) is 0.235. The fourth-order valence-electron chi connectivity index (χ4n) is 2.65. The molecule has 1 aromatic rings. The highest BCUT2D eigenvalue weighted by Gasteiger charge is 2.43. The maximum Gasteiger partial charge on any atom is 0.433 e. The molecule has 0 fully saturated rings. The van der Waals surface area contributed by atoms with Gasteiger partial charge in [0.25, 0.3) is 5.91 Å². The minimum Gasteiger partial charge on any atom is -0.345 e. The number of anilines is 1. The van der Waals surface area contributed by atoms with Crippen molar-refractivity contribution in [3.8, 4) is 0 Å². The summed E-state index contributed by atoms with van der Waals surface area (Å²) < 4.78 is 39.7. The van der Waals surface area contributed by atoms with E-state index in [0.717, 1.165) is 0 Å². The number of benzene rings is 1. The Morgan fingerprint density at radius 1 is 1.21 bits per heavy atom. The number of hydrazine groups is 1. The zero-order valence-corrected chi connectivity index (χ0v) is 13.2. The molecular formula is C17H16F3N3O. The summed E-state index contributed by atoms with van der Waals surface area (Å²) in [6, 6.07) is 6.45. The topological polar surface area (TPSA) is 35.6 Å². The van der Waals surface area contributed by atoms with E-state index < -0.39 is 11.9 Å². The van der Waals surface area contributed by atoms with Gasteiger partial charge < -0.3 is 4.90 Å². The zero-order chi connectivity index (χ0) is 17.5. The van der Waals surface area contributed by atoms with Gasteiger partial charge in [-0.15, -0.1) is 0 Å². The third kappa shape index (κ3) is 2.77. The van der Waals surface area contributed by atoms with Crippen LogP contribution in [-0.4, -0.2) is 31.1 Å². The lowest BCUT2D eigenvalue weighted by molar-refractivity contribution is -0.0962. The van der Waals surface area contributed by atoms with Crippen molar-refractivity contribution in [1.29, 1.82) is 0 Å². The van der Waals surface area contributed by atoms with Crippen molar-refractivity contribution in [3.05, 3.63) is 65.0 Å². The second-order valence-corrected chi connectivity index (χ2v) is 5.71. The van der Waals surface area contributed by atoms with Crippen LogP contribution in [0.2, 0.25) is 0 Å². The van der Waals surface area contributed by atoms with Crippen molar-refractivity contribution in [3.63, 3.8) is 0 Å². The van der Waals surface area contributed by atoms with Crippen molar-refractivity contribution in [2.24, 2.45) is 0 Å². The Balaban J connectivity index is 1.92. The number of carbonyl (C=O) groups is 1. The number of alkyl halides is 3. The summed E-state index contributed by atoms with van der Waals surface area (Å²) in [5, 5.41) is 1.39. The van der Waals surface area contributed by atoms with E-state index >= 15 is 0 Å². The highest BCUT2D eigenvalue weighted by Crippen LogP contribution is 2.39. The molecule has 0 spiro atoms. The van der Waals surface area contributed by atoms with Crippen molar-refractivity contribution < 1.29 is 18.0 Å². The van der Waals surface area contributed by atoms with Crippen LogP contribution in [0, 0.1) is 0 Å². The molecular weight excluding hydrogens is 319 g/mol. The van der Waals surface area contributed by atoms with Crippen molar-refractivity contribution in [2.45, 2.75) is 12.6 Å². The van der Waals surface area contributed by atoms with Crippen LogP contribution >= 0.6 is 0 Å². The summed E-state index contributed by atoms with van der Waals surface area (Å²) in [6.07, 6.45) is 1.01. The molecule has 1 aromatic carbocycles. The number of nitrogens with zero attached hydrogens (tertiary/aromatic N) is 2. The van der Waals surface area contributed by atoms with Crippen LogP contribution in [-0.2, 0) is 0 Å². The van der Waals surface area contributed by atoms with E-state index in [0.29, 0.717) is 23.4 Å². The number of allylic oxidation sites excluding steroid dienone is 4. The smallest absolute Gasteiger partial charge is 0.345 e. The highest BCUT2D eigenvalue weighted by atomic mass is 19.4. The molecule has 126 valence electrons. The Kier molecular flexibility index (Phi) is 3.87. The largest absolute Gasteiger partial charge is 0.433 e. The van der Waals surface area contributed by atoms with Gasteiger partial charge in [-0.3, -0.25) is 15.2 Å². The van der Waals surface area contributed by atoms with E-state index in [1.54, 1.807) is 50.5 Å². The Labute approximate surface area is 137 Å². The summed E-state index contributed by atoms with van der Waals surface area (Å²) in [5.41, 5.74) is 3.26. The van der Waals surface area contributed by atoms with Gasteiger partial charge in [0, 0.05) is 25.2 Å². The second-order valence-electron chi connectivity index (χ2n) is 5.71. The van der Waals surface area contributed by atoms with Crippen LogP contribution in [0.15, 0.2) is 59.5 Å². The van der Waals surface area contributed by atoms with Crippen LogP contribution in [0.4, 0.5) is 18.9 Å². The van der Waals surface area contributed by atoms with Gasteiger partial charge in [0.2, 0.25) is 0 Å². The van der Waals surface area contributed by atoms with Gasteiger partial charge >= 0.3 is 6.18 Å². The number of nitrogens with one attached hydrogen (secondary N) is 1. The lowest BCUT2D eigenvalue weighted by Crippen LogP contribution is -2.35. The maximum absolute atomic E-state index is 13.2. The normalized spacial score (nSPS) is 16.7. The molecule has 3 rings (SSSR count). The monoisotopic (exact) mass is 335 g/mol. The van der Waals surface area contributed by atoms with E-state index in [9.17, 15) is 18.0 Å². The number of fused-ring (bicyclic) bond motifs is 1. The predicted molar refractivity (Wildman–Crippen MR) is 85.0 cm³/mol. The molecule has 0 aromatic heterocycles. The molecule has 0 atom stereocenters. The van der Waals surface area contributed by atoms with E-state index in [2.05, 4.69) is 5.43 Å². The molecule has 0 bridgehead atoms. The molecule has 0 saturated carbocycles. The molecule has 2 aliphatic rings. The molecule has 24 heavy (non-hydrogen) atoms. The Hall–Kier alpha value is -2.70. The molecule has 1 heterocycles. The minimum absolute atomic E-state index is 0.127. The summed E-state index contributed by atoms with van der Waals surface area (Å²) in [4.78, 5) is 13.4. The lowest BCUT2D eigenvalue weighted by atomic mass is 10.0.